The number of carbonyl (C=O) groups is 2. The Hall–Kier alpha value is -2.58. The minimum absolute atomic E-state index is 0.169. The van der Waals surface area contributed by atoms with Gasteiger partial charge in [0.1, 0.15) is 12.6 Å². The topological polar surface area (TPSA) is 86.8 Å². The van der Waals surface area contributed by atoms with Crippen molar-refractivity contribution in [2.45, 2.75) is 40.3 Å². The summed E-state index contributed by atoms with van der Waals surface area (Å²) in [5.41, 5.74) is 1.71. The van der Waals surface area contributed by atoms with Gasteiger partial charge in [0.25, 0.3) is 0 Å². The molecule has 0 fully saturated rings. The van der Waals surface area contributed by atoms with E-state index in [0.29, 0.717) is 22.8 Å². The predicted octanol–water partition coefficient (Wildman–Crippen LogP) is 3.60. The largest absolute Gasteiger partial charge is 0.354 e. The Bertz CT molecular complexity index is 1070. The zero-order valence-corrected chi connectivity index (χ0v) is 21.3. The number of hydrogen-bond donors (Lipinski definition) is 1. The van der Waals surface area contributed by atoms with E-state index in [1.54, 1.807) is 32.0 Å². The summed E-state index contributed by atoms with van der Waals surface area (Å²) in [6, 6.07) is 13.4. The quantitative estimate of drug-likeness (QED) is 0.547. The van der Waals surface area contributed by atoms with E-state index in [-0.39, 0.29) is 18.4 Å². The highest BCUT2D eigenvalue weighted by atomic mass is 35.5. The second kappa shape index (κ2) is 11.5. The van der Waals surface area contributed by atoms with Crippen molar-refractivity contribution < 1.29 is 18.0 Å². The summed E-state index contributed by atoms with van der Waals surface area (Å²) in [5, 5.41) is 3.25. The molecule has 0 saturated carbocycles. The molecule has 0 aliphatic carbocycles. The van der Waals surface area contributed by atoms with Gasteiger partial charge in [-0.2, -0.15) is 0 Å². The number of anilines is 1. The Kier molecular flexibility index (Phi) is 9.31. The van der Waals surface area contributed by atoms with E-state index in [1.165, 1.54) is 4.90 Å². The van der Waals surface area contributed by atoms with Crippen LogP contribution in [0.2, 0.25) is 5.02 Å². The van der Waals surface area contributed by atoms with Gasteiger partial charge in [0.05, 0.1) is 11.9 Å². The molecule has 0 aliphatic rings. The highest BCUT2D eigenvalue weighted by Gasteiger charge is 2.30. The summed E-state index contributed by atoms with van der Waals surface area (Å²) in [7, 11) is -3.80. The van der Waals surface area contributed by atoms with Crippen LogP contribution in [0.15, 0.2) is 48.5 Å². The molecule has 0 spiro atoms. The van der Waals surface area contributed by atoms with Crippen LogP contribution >= 0.6 is 11.6 Å². The van der Waals surface area contributed by atoms with Gasteiger partial charge in [0, 0.05) is 18.1 Å². The van der Waals surface area contributed by atoms with Crippen molar-refractivity contribution >= 4 is 39.1 Å². The standard InChI is InChI=1S/C24H32ClN3O4S/c1-17(2)14-26-24(30)19(4)27(15-20-10-7-6-8-11-20)23(29)16-28(33(5,31)32)22-13-9-12-21(25)18(22)3/h6-13,17,19H,14-16H2,1-5H3,(H,26,30). The Balaban J connectivity index is 2.38. The normalized spacial score (nSPS) is 12.3. The zero-order chi connectivity index (χ0) is 24.8. The lowest BCUT2D eigenvalue weighted by atomic mass is 10.1. The highest BCUT2D eigenvalue weighted by molar-refractivity contribution is 7.92. The van der Waals surface area contributed by atoms with Crippen LogP contribution in [-0.2, 0) is 26.2 Å². The van der Waals surface area contributed by atoms with E-state index in [2.05, 4.69) is 5.32 Å². The van der Waals surface area contributed by atoms with Gasteiger partial charge in [-0.05, 0) is 43.0 Å². The number of nitrogens with zero attached hydrogens (tertiary/aromatic N) is 2. The molecular weight excluding hydrogens is 462 g/mol. The van der Waals surface area contributed by atoms with Crippen molar-refractivity contribution in [3.05, 3.63) is 64.7 Å². The summed E-state index contributed by atoms with van der Waals surface area (Å²) in [6.07, 6.45) is 1.04. The second-order valence-corrected chi connectivity index (χ2v) is 10.8. The molecule has 9 heteroatoms. The molecule has 2 aromatic carbocycles. The van der Waals surface area contributed by atoms with Crippen LogP contribution < -0.4 is 9.62 Å². The van der Waals surface area contributed by atoms with E-state index in [4.69, 9.17) is 11.6 Å². The number of hydrogen-bond acceptors (Lipinski definition) is 4. The van der Waals surface area contributed by atoms with Crippen molar-refractivity contribution in [2.75, 3.05) is 23.7 Å². The van der Waals surface area contributed by atoms with Crippen LogP contribution in [0.3, 0.4) is 0 Å². The first-order chi connectivity index (χ1) is 15.4. The molecule has 1 N–H and O–H groups in total. The molecule has 0 aliphatic heterocycles. The number of benzene rings is 2. The Labute approximate surface area is 201 Å². The number of rotatable bonds is 10. The average molecular weight is 494 g/mol. The van der Waals surface area contributed by atoms with Crippen molar-refractivity contribution in [2.24, 2.45) is 5.92 Å². The minimum atomic E-state index is -3.80. The first-order valence-corrected chi connectivity index (χ1v) is 13.0. The third-order valence-corrected chi connectivity index (χ3v) is 6.77. The first kappa shape index (κ1) is 26.7. The molecule has 0 bridgehead atoms. The zero-order valence-electron chi connectivity index (χ0n) is 19.7. The van der Waals surface area contributed by atoms with Gasteiger partial charge in [0.15, 0.2) is 0 Å². The number of amides is 2. The minimum Gasteiger partial charge on any atom is -0.354 e. The molecule has 33 heavy (non-hydrogen) atoms. The molecule has 1 atom stereocenters. The summed E-state index contributed by atoms with van der Waals surface area (Å²) < 4.78 is 26.3. The third-order valence-electron chi connectivity index (χ3n) is 5.23. The van der Waals surface area contributed by atoms with Crippen molar-refractivity contribution in [1.29, 1.82) is 0 Å². The van der Waals surface area contributed by atoms with Gasteiger partial charge in [-0.25, -0.2) is 8.42 Å². The monoisotopic (exact) mass is 493 g/mol. The van der Waals surface area contributed by atoms with Crippen molar-refractivity contribution in [3.8, 4) is 0 Å². The van der Waals surface area contributed by atoms with E-state index in [9.17, 15) is 18.0 Å². The van der Waals surface area contributed by atoms with Gasteiger partial charge >= 0.3 is 0 Å². The lowest BCUT2D eigenvalue weighted by Crippen LogP contribution is -2.51. The van der Waals surface area contributed by atoms with Crippen LogP contribution in [0.5, 0.6) is 0 Å². The molecule has 0 saturated heterocycles. The van der Waals surface area contributed by atoms with Gasteiger partial charge < -0.3 is 10.2 Å². The fourth-order valence-corrected chi connectivity index (χ4v) is 4.35. The molecule has 2 rings (SSSR count). The maximum atomic E-state index is 13.5. The van der Waals surface area contributed by atoms with Gasteiger partial charge in [-0.15, -0.1) is 0 Å². The number of sulfonamides is 1. The SMILES string of the molecule is Cc1c(Cl)cccc1N(CC(=O)N(Cc1ccccc1)C(C)C(=O)NCC(C)C)S(C)(=O)=O. The van der Waals surface area contributed by atoms with Gasteiger partial charge in [-0.3, -0.25) is 13.9 Å². The molecule has 180 valence electrons. The highest BCUT2D eigenvalue weighted by Crippen LogP contribution is 2.28. The maximum absolute atomic E-state index is 13.5. The molecule has 0 radical (unpaired) electrons. The maximum Gasteiger partial charge on any atom is 0.244 e. The van der Waals surface area contributed by atoms with Crippen LogP contribution in [-0.4, -0.2) is 50.5 Å². The summed E-state index contributed by atoms with van der Waals surface area (Å²) in [5.74, 6) is -0.528. The molecule has 7 nitrogen and oxygen atoms in total. The molecular formula is C24H32ClN3O4S. The Morgan fingerprint density at radius 2 is 1.67 bits per heavy atom. The summed E-state index contributed by atoms with van der Waals surface area (Å²) >= 11 is 6.20. The van der Waals surface area contributed by atoms with E-state index in [0.717, 1.165) is 16.1 Å². The van der Waals surface area contributed by atoms with Crippen LogP contribution in [0, 0.1) is 12.8 Å². The third kappa shape index (κ3) is 7.47. The van der Waals surface area contributed by atoms with E-state index < -0.39 is 28.5 Å². The lowest BCUT2D eigenvalue weighted by Gasteiger charge is -2.32. The Morgan fingerprint density at radius 1 is 1.03 bits per heavy atom. The number of carbonyl (C=O) groups excluding carboxylic acids is 2. The van der Waals surface area contributed by atoms with E-state index in [1.807, 2.05) is 44.2 Å². The number of halogens is 1. The molecule has 2 amide bonds. The van der Waals surface area contributed by atoms with Crippen molar-refractivity contribution in [1.82, 2.24) is 10.2 Å². The van der Waals surface area contributed by atoms with E-state index >= 15 is 0 Å². The summed E-state index contributed by atoms with van der Waals surface area (Å²) in [4.78, 5) is 27.7. The summed E-state index contributed by atoms with van der Waals surface area (Å²) in [6.45, 7) is 7.50. The fraction of sp³-hybridized carbons (Fsp3) is 0.417. The predicted molar refractivity (Wildman–Crippen MR) is 133 cm³/mol. The van der Waals surface area contributed by atoms with Crippen LogP contribution in [0.1, 0.15) is 31.9 Å². The van der Waals surface area contributed by atoms with Gasteiger partial charge in [-0.1, -0.05) is 61.8 Å². The number of nitrogens with one attached hydrogen (secondary N) is 1. The van der Waals surface area contributed by atoms with Crippen molar-refractivity contribution in [3.63, 3.8) is 0 Å². The van der Waals surface area contributed by atoms with Gasteiger partial charge in [0.2, 0.25) is 21.8 Å². The smallest absolute Gasteiger partial charge is 0.244 e. The fourth-order valence-electron chi connectivity index (χ4n) is 3.28. The molecule has 1 unspecified atom stereocenters. The lowest BCUT2D eigenvalue weighted by molar-refractivity contribution is -0.139. The molecule has 0 heterocycles. The average Bonchev–Trinajstić information content (AvgIpc) is 2.75. The van der Waals surface area contributed by atoms with Crippen LogP contribution in [0.25, 0.3) is 0 Å². The Morgan fingerprint density at radius 3 is 2.24 bits per heavy atom. The first-order valence-electron chi connectivity index (χ1n) is 10.8. The molecule has 0 aromatic heterocycles. The molecule has 2 aromatic rings. The second-order valence-electron chi connectivity index (χ2n) is 8.48. The van der Waals surface area contributed by atoms with Crippen LogP contribution in [0.4, 0.5) is 5.69 Å².